The van der Waals surface area contributed by atoms with Gasteiger partial charge in [0.25, 0.3) is 0 Å². The van der Waals surface area contributed by atoms with Gasteiger partial charge >= 0.3 is 53.6 Å². The minimum absolute atomic E-state index is 0. The first kappa shape index (κ1) is 9.06. The van der Waals surface area contributed by atoms with Crippen LogP contribution in [0.15, 0.2) is 0 Å². The molecule has 0 unspecified atom stereocenters. The van der Waals surface area contributed by atoms with E-state index in [9.17, 15) is 0 Å². The maximum atomic E-state index is 5.05. The summed E-state index contributed by atoms with van der Waals surface area (Å²) < 4.78 is 5.05. The van der Waals surface area contributed by atoms with Gasteiger partial charge in [-0.15, -0.1) is 0 Å². The predicted molar refractivity (Wildman–Crippen MR) is 23.7 cm³/mol. The second kappa shape index (κ2) is 3.29. The van der Waals surface area contributed by atoms with Crippen molar-refractivity contribution in [3.63, 3.8) is 0 Å². The summed E-state index contributed by atoms with van der Waals surface area (Å²) >= 11 is 1.42. The molecule has 0 aromatic rings. The van der Waals surface area contributed by atoms with Gasteiger partial charge in [-0.05, 0) is 0 Å². The van der Waals surface area contributed by atoms with E-state index >= 15 is 0 Å². The van der Waals surface area contributed by atoms with Gasteiger partial charge in [-0.25, -0.2) is 0 Å². The Hall–Kier alpha value is 1.06. The van der Waals surface area contributed by atoms with E-state index < -0.39 is 0 Å². The molecule has 0 amide bonds. The number of halogens is 1. The van der Waals surface area contributed by atoms with Gasteiger partial charge in [0, 0.05) is 0 Å². The maximum absolute atomic E-state index is 5.05. The Morgan fingerprint density at radius 2 is 2.12 bits per heavy atom. The third-order valence-corrected chi connectivity index (χ3v) is 4.04. The smallest absolute Gasteiger partial charge is 1.00 e. The van der Waals surface area contributed by atoms with Crippen molar-refractivity contribution in [3.8, 4) is 0 Å². The summed E-state index contributed by atoms with van der Waals surface area (Å²) in [5, 5.41) is 1.38. The quantitative estimate of drug-likeness (QED) is 0.473. The zero-order valence-corrected chi connectivity index (χ0v) is 9.67. The van der Waals surface area contributed by atoms with Gasteiger partial charge in [-0.3, -0.25) is 0 Å². The molecule has 0 spiro atoms. The number of hydrogen-bond donors (Lipinski definition) is 0. The molecule has 0 aromatic carbocycles. The van der Waals surface area contributed by atoms with Crippen LogP contribution < -0.4 is 17.0 Å². The number of rotatable bonds is 1. The fraction of sp³-hybridized carbons (Fsp3) is 1.00. The fourth-order valence-electron chi connectivity index (χ4n) is 0.595. The molecule has 0 saturated carbocycles. The Morgan fingerprint density at radius 1 is 1.62 bits per heavy atom. The first-order valence-electron chi connectivity index (χ1n) is 2.64. The molecule has 3 heteroatoms. The first-order chi connectivity index (χ1) is 3.27. The van der Waals surface area contributed by atoms with Crippen LogP contribution in [0.5, 0.6) is 0 Å². The maximum Gasteiger partial charge on any atom is -1.00 e. The van der Waals surface area contributed by atoms with Gasteiger partial charge in [0.05, 0.1) is 0 Å². The predicted octanol–water partition coefficient (Wildman–Crippen LogP) is -2.01. The molecule has 0 atom stereocenters. The van der Waals surface area contributed by atoms with Crippen LogP contribution in [0.3, 0.4) is 0 Å². The first-order valence-corrected chi connectivity index (χ1v) is 4.74. The van der Waals surface area contributed by atoms with Crippen LogP contribution in [0.1, 0.15) is 6.92 Å². The Balaban J connectivity index is 0.000000490. The van der Waals surface area contributed by atoms with E-state index in [-0.39, 0.29) is 17.0 Å². The molecule has 1 aliphatic rings. The summed E-state index contributed by atoms with van der Waals surface area (Å²) in [4.78, 5) is 0. The monoisotopic (exact) mass is 228 g/mol. The summed E-state index contributed by atoms with van der Waals surface area (Å²) in [5.41, 5.74) is 0.597. The SMILES string of the molecule is CC1([CH2][Zn+])COC1.[Br-]. The molecular formula is C5H9BrOZn. The Labute approximate surface area is 70.6 Å². The molecule has 1 heterocycles. The molecule has 1 saturated heterocycles. The minimum atomic E-state index is 0. The summed E-state index contributed by atoms with van der Waals surface area (Å²) in [5.74, 6) is 0. The molecule has 1 nitrogen and oxygen atoms in total. The molecule has 8 heavy (non-hydrogen) atoms. The molecule has 1 rings (SSSR count). The van der Waals surface area contributed by atoms with E-state index in [2.05, 4.69) is 6.92 Å². The second-order valence-electron chi connectivity index (χ2n) is 2.55. The van der Waals surface area contributed by atoms with Crippen molar-refractivity contribution in [3.05, 3.63) is 0 Å². The van der Waals surface area contributed by atoms with Crippen molar-refractivity contribution >= 4 is 0 Å². The summed E-state index contributed by atoms with van der Waals surface area (Å²) in [6.45, 7) is 4.31. The van der Waals surface area contributed by atoms with Crippen LogP contribution in [0.25, 0.3) is 0 Å². The van der Waals surface area contributed by atoms with Crippen molar-refractivity contribution in [1.82, 2.24) is 0 Å². The van der Waals surface area contributed by atoms with E-state index in [0.717, 1.165) is 13.2 Å². The van der Waals surface area contributed by atoms with Crippen molar-refractivity contribution < 1.29 is 40.0 Å². The van der Waals surface area contributed by atoms with Crippen LogP contribution in [0.2, 0.25) is 5.02 Å². The van der Waals surface area contributed by atoms with Gasteiger partial charge in [0.15, 0.2) is 0 Å². The Bertz CT molecular complexity index is 67.3. The number of hydrogen-bond acceptors (Lipinski definition) is 1. The van der Waals surface area contributed by atoms with Crippen LogP contribution in [0, 0.1) is 5.41 Å². The molecular weight excluding hydrogens is 221 g/mol. The third-order valence-electron chi connectivity index (χ3n) is 1.50. The van der Waals surface area contributed by atoms with E-state index in [0.29, 0.717) is 5.41 Å². The standard InChI is InChI=1S/C5H9O.BrH.Zn/c1-5(2)3-6-4-5;;/h1,3-4H2,2H3;1H;/q;;+1/p-1. The van der Waals surface area contributed by atoms with Crippen molar-refractivity contribution in [2.75, 3.05) is 13.2 Å². The fourth-order valence-corrected chi connectivity index (χ4v) is 1.20. The minimum Gasteiger partial charge on any atom is -1.00 e. The van der Waals surface area contributed by atoms with Crippen molar-refractivity contribution in [2.24, 2.45) is 5.41 Å². The molecule has 0 aliphatic carbocycles. The molecule has 44 valence electrons. The van der Waals surface area contributed by atoms with E-state index in [1.165, 1.54) is 23.3 Å². The van der Waals surface area contributed by atoms with Gasteiger partial charge in [0.2, 0.25) is 0 Å². The van der Waals surface area contributed by atoms with Crippen LogP contribution >= 0.6 is 0 Å². The van der Waals surface area contributed by atoms with Crippen molar-refractivity contribution in [2.45, 2.75) is 11.9 Å². The largest absolute Gasteiger partial charge is 1.00 e. The van der Waals surface area contributed by atoms with Gasteiger partial charge in [-0.2, -0.15) is 0 Å². The molecule has 1 fully saturated rings. The van der Waals surface area contributed by atoms with Gasteiger partial charge < -0.3 is 17.0 Å². The zero-order valence-electron chi connectivity index (χ0n) is 5.11. The average molecular weight is 230 g/mol. The summed E-state index contributed by atoms with van der Waals surface area (Å²) in [6.07, 6.45) is 0. The average Bonchev–Trinajstić information content (AvgIpc) is 1.61. The Kier molecular flexibility index (Phi) is 3.72. The zero-order chi connectivity index (χ0) is 5.33. The van der Waals surface area contributed by atoms with E-state index in [1.54, 1.807) is 0 Å². The van der Waals surface area contributed by atoms with Gasteiger partial charge in [0.1, 0.15) is 0 Å². The van der Waals surface area contributed by atoms with E-state index in [4.69, 9.17) is 4.74 Å². The van der Waals surface area contributed by atoms with E-state index in [1.807, 2.05) is 0 Å². The molecule has 0 radical (unpaired) electrons. The van der Waals surface area contributed by atoms with Crippen LogP contribution in [-0.2, 0) is 23.0 Å². The van der Waals surface area contributed by atoms with Gasteiger partial charge in [-0.1, -0.05) is 0 Å². The second-order valence-corrected chi connectivity index (χ2v) is 3.60. The van der Waals surface area contributed by atoms with Crippen LogP contribution in [0.4, 0.5) is 0 Å². The third kappa shape index (κ3) is 1.78. The Morgan fingerprint density at radius 3 is 2.12 bits per heavy atom. The molecule has 0 aromatic heterocycles. The molecule has 1 aliphatic heterocycles. The van der Waals surface area contributed by atoms with Crippen molar-refractivity contribution in [1.29, 1.82) is 0 Å². The number of ether oxygens (including phenoxy) is 1. The summed E-state index contributed by atoms with van der Waals surface area (Å²) in [7, 11) is 0. The normalized spacial score (nSPS) is 23.4. The topological polar surface area (TPSA) is 9.23 Å². The summed E-state index contributed by atoms with van der Waals surface area (Å²) in [6, 6.07) is 0. The van der Waals surface area contributed by atoms with Crippen LogP contribution in [-0.4, -0.2) is 13.2 Å². The molecule has 0 N–H and O–H groups in total. The molecule has 0 bridgehead atoms.